The average Bonchev–Trinajstić information content (AvgIpc) is 2.74. The molecule has 0 bridgehead atoms. The van der Waals surface area contributed by atoms with Gasteiger partial charge in [-0.2, -0.15) is 0 Å². The van der Waals surface area contributed by atoms with Crippen LogP contribution in [0.1, 0.15) is 24.1 Å². The van der Waals surface area contributed by atoms with E-state index in [1.54, 1.807) is 0 Å². The monoisotopic (exact) mass is 278 g/mol. The zero-order chi connectivity index (χ0) is 14.5. The lowest BCUT2D eigenvalue weighted by Gasteiger charge is -2.26. The number of para-hydroxylation sites is 1. The van der Waals surface area contributed by atoms with Gasteiger partial charge in [-0.1, -0.05) is 60.7 Å². The van der Waals surface area contributed by atoms with Crippen molar-refractivity contribution in [2.24, 2.45) is 0 Å². The molecule has 0 aliphatic carbocycles. The minimum atomic E-state index is 0.365. The van der Waals surface area contributed by atoms with Crippen molar-refractivity contribution in [3.05, 3.63) is 77.9 Å². The van der Waals surface area contributed by atoms with Crippen molar-refractivity contribution in [1.82, 2.24) is 5.32 Å². The Morgan fingerprint density at radius 1 is 1.10 bits per heavy atom. The first kappa shape index (κ1) is 13.9. The molecule has 0 radical (unpaired) electrons. The van der Waals surface area contributed by atoms with Crippen LogP contribution in [0.25, 0.3) is 0 Å². The van der Waals surface area contributed by atoms with E-state index in [1.165, 1.54) is 16.8 Å². The number of hydrogen-bond acceptors (Lipinski definition) is 2. The van der Waals surface area contributed by atoms with Crippen molar-refractivity contribution >= 4 is 5.69 Å². The highest BCUT2D eigenvalue weighted by Gasteiger charge is 2.21. The van der Waals surface area contributed by atoms with Gasteiger partial charge < -0.3 is 10.2 Å². The summed E-state index contributed by atoms with van der Waals surface area (Å²) in [5, 5.41) is 3.69. The average molecular weight is 278 g/mol. The third kappa shape index (κ3) is 3.17. The highest BCUT2D eigenvalue weighted by Crippen LogP contribution is 2.27. The Hall–Kier alpha value is -2.06. The van der Waals surface area contributed by atoms with Gasteiger partial charge in [0.25, 0.3) is 0 Å². The van der Waals surface area contributed by atoms with E-state index in [2.05, 4.69) is 83.9 Å². The smallest absolute Gasteiger partial charge is 0.0501 e. The van der Waals surface area contributed by atoms with E-state index >= 15 is 0 Å². The maximum absolute atomic E-state index is 3.69. The van der Waals surface area contributed by atoms with Crippen LogP contribution >= 0.6 is 0 Å². The first-order valence-electron chi connectivity index (χ1n) is 7.61. The molecule has 0 fully saturated rings. The number of hydrogen-bond donors (Lipinski definition) is 1. The van der Waals surface area contributed by atoms with Gasteiger partial charge in [0.15, 0.2) is 0 Å². The van der Waals surface area contributed by atoms with E-state index < -0.39 is 0 Å². The van der Waals surface area contributed by atoms with Gasteiger partial charge in [-0.05, 0) is 24.1 Å². The normalized spacial score (nSPS) is 18.5. The Morgan fingerprint density at radius 2 is 1.86 bits per heavy atom. The van der Waals surface area contributed by atoms with E-state index in [4.69, 9.17) is 0 Å². The van der Waals surface area contributed by atoms with Crippen LogP contribution in [0.15, 0.2) is 66.7 Å². The van der Waals surface area contributed by atoms with Crippen molar-refractivity contribution in [3.8, 4) is 0 Å². The predicted molar refractivity (Wildman–Crippen MR) is 89.5 cm³/mol. The molecule has 0 aromatic heterocycles. The highest BCUT2D eigenvalue weighted by molar-refractivity contribution is 5.55. The molecular formula is C19H22N2. The zero-order valence-electron chi connectivity index (χ0n) is 12.5. The topological polar surface area (TPSA) is 15.3 Å². The Balaban J connectivity index is 1.90. The standard InChI is InChI=1S/C19H22N2/c1-2-3-13-21-15-18(16-9-5-4-6-10-16)20-14-17-11-7-8-12-19(17)21/h2-12,18,20H,13-15H2,1H3/b3-2+. The predicted octanol–water partition coefficient (Wildman–Crippen LogP) is 3.91. The van der Waals surface area contributed by atoms with Gasteiger partial charge in [-0.15, -0.1) is 0 Å². The van der Waals surface area contributed by atoms with E-state index in [9.17, 15) is 0 Å². The number of allylic oxidation sites excluding steroid dienone is 1. The van der Waals surface area contributed by atoms with Crippen LogP contribution in [0, 0.1) is 0 Å². The molecule has 0 saturated heterocycles. The molecular weight excluding hydrogens is 256 g/mol. The summed E-state index contributed by atoms with van der Waals surface area (Å²) in [5.74, 6) is 0. The second-order valence-corrected chi connectivity index (χ2v) is 5.45. The van der Waals surface area contributed by atoms with Crippen molar-refractivity contribution in [2.45, 2.75) is 19.5 Å². The number of nitrogens with one attached hydrogen (secondary N) is 1. The number of anilines is 1. The minimum absolute atomic E-state index is 0.365. The molecule has 1 aliphatic rings. The number of benzene rings is 2. The van der Waals surface area contributed by atoms with Gasteiger partial charge >= 0.3 is 0 Å². The Morgan fingerprint density at radius 3 is 2.67 bits per heavy atom. The molecule has 0 saturated carbocycles. The molecule has 108 valence electrons. The Labute approximate surface area is 127 Å². The van der Waals surface area contributed by atoms with Crippen LogP contribution in [0.2, 0.25) is 0 Å². The quantitative estimate of drug-likeness (QED) is 0.856. The van der Waals surface area contributed by atoms with Crippen LogP contribution < -0.4 is 10.2 Å². The maximum Gasteiger partial charge on any atom is 0.0501 e. The van der Waals surface area contributed by atoms with Crippen molar-refractivity contribution in [2.75, 3.05) is 18.0 Å². The lowest BCUT2D eigenvalue weighted by Crippen LogP contribution is -2.32. The molecule has 1 heterocycles. The fraction of sp³-hybridized carbons (Fsp3) is 0.263. The maximum atomic E-state index is 3.69. The van der Waals surface area contributed by atoms with Crippen LogP contribution in [0.5, 0.6) is 0 Å². The fourth-order valence-corrected chi connectivity index (χ4v) is 2.90. The lowest BCUT2D eigenvalue weighted by atomic mass is 10.1. The Kier molecular flexibility index (Phi) is 4.37. The van der Waals surface area contributed by atoms with Gasteiger partial charge in [-0.25, -0.2) is 0 Å². The van der Waals surface area contributed by atoms with Crippen LogP contribution in [-0.4, -0.2) is 13.1 Å². The third-order valence-corrected chi connectivity index (χ3v) is 4.04. The van der Waals surface area contributed by atoms with Crippen molar-refractivity contribution < 1.29 is 0 Å². The van der Waals surface area contributed by atoms with Gasteiger partial charge in [0.05, 0.1) is 6.04 Å². The van der Waals surface area contributed by atoms with Crippen LogP contribution in [0.4, 0.5) is 5.69 Å². The number of rotatable bonds is 3. The summed E-state index contributed by atoms with van der Waals surface area (Å²) in [4.78, 5) is 2.47. The summed E-state index contributed by atoms with van der Waals surface area (Å²) in [6.07, 6.45) is 4.35. The number of nitrogens with zero attached hydrogens (tertiary/aromatic N) is 1. The van der Waals surface area contributed by atoms with Crippen LogP contribution in [-0.2, 0) is 6.54 Å². The molecule has 1 unspecified atom stereocenters. The molecule has 1 N–H and O–H groups in total. The Bertz CT molecular complexity index is 604. The SMILES string of the molecule is C/C=C/CN1CC(c2ccccc2)NCc2ccccc21. The second kappa shape index (κ2) is 6.59. The summed E-state index contributed by atoms with van der Waals surface area (Å²) in [7, 11) is 0. The third-order valence-electron chi connectivity index (χ3n) is 4.04. The van der Waals surface area contributed by atoms with Gasteiger partial charge in [0, 0.05) is 25.3 Å². The molecule has 1 aliphatic heterocycles. The summed E-state index contributed by atoms with van der Waals surface area (Å²) >= 11 is 0. The van der Waals surface area contributed by atoms with E-state index in [-0.39, 0.29) is 0 Å². The van der Waals surface area contributed by atoms with E-state index in [1.807, 2.05) is 0 Å². The highest BCUT2D eigenvalue weighted by atomic mass is 15.2. The summed E-state index contributed by atoms with van der Waals surface area (Å²) in [5.41, 5.74) is 4.08. The molecule has 21 heavy (non-hydrogen) atoms. The first-order valence-corrected chi connectivity index (χ1v) is 7.61. The summed E-state index contributed by atoms with van der Waals surface area (Å²) in [6.45, 7) is 4.95. The molecule has 0 amide bonds. The summed E-state index contributed by atoms with van der Waals surface area (Å²) in [6, 6.07) is 19.8. The fourth-order valence-electron chi connectivity index (χ4n) is 2.90. The van der Waals surface area contributed by atoms with Crippen molar-refractivity contribution in [1.29, 1.82) is 0 Å². The molecule has 2 aromatic rings. The number of fused-ring (bicyclic) bond motifs is 1. The molecule has 2 aromatic carbocycles. The van der Waals surface area contributed by atoms with Gasteiger partial charge in [0.2, 0.25) is 0 Å². The van der Waals surface area contributed by atoms with Crippen LogP contribution in [0.3, 0.4) is 0 Å². The van der Waals surface area contributed by atoms with E-state index in [0.717, 1.165) is 19.6 Å². The van der Waals surface area contributed by atoms with Gasteiger partial charge in [0.1, 0.15) is 0 Å². The van der Waals surface area contributed by atoms with Crippen molar-refractivity contribution in [3.63, 3.8) is 0 Å². The molecule has 2 nitrogen and oxygen atoms in total. The second-order valence-electron chi connectivity index (χ2n) is 5.45. The largest absolute Gasteiger partial charge is 0.366 e. The molecule has 1 atom stereocenters. The first-order chi connectivity index (χ1) is 10.4. The molecule has 2 heteroatoms. The minimum Gasteiger partial charge on any atom is -0.366 e. The lowest BCUT2D eigenvalue weighted by molar-refractivity contribution is 0.544. The summed E-state index contributed by atoms with van der Waals surface area (Å²) < 4.78 is 0. The zero-order valence-corrected chi connectivity index (χ0v) is 12.5. The molecule has 0 spiro atoms. The van der Waals surface area contributed by atoms with E-state index in [0.29, 0.717) is 6.04 Å². The van der Waals surface area contributed by atoms with Gasteiger partial charge in [-0.3, -0.25) is 0 Å². The molecule has 3 rings (SSSR count).